The van der Waals surface area contributed by atoms with Gasteiger partial charge in [-0.05, 0) is 17.7 Å². The van der Waals surface area contributed by atoms with Gasteiger partial charge in [-0.3, -0.25) is 4.68 Å². The van der Waals surface area contributed by atoms with Crippen LogP contribution >= 0.6 is 0 Å². The van der Waals surface area contributed by atoms with Crippen LogP contribution in [0.3, 0.4) is 0 Å². The Labute approximate surface area is 153 Å². The van der Waals surface area contributed by atoms with E-state index in [1.54, 1.807) is 4.68 Å². The quantitative estimate of drug-likeness (QED) is 0.509. The highest BCUT2D eigenvalue weighted by Crippen LogP contribution is 2.28. The number of pyridine rings is 1. The maximum atomic E-state index is 14.2. The number of halogens is 2. The lowest BCUT2D eigenvalue weighted by Crippen LogP contribution is -2.31. The molecule has 138 valence electrons. The molecule has 6 nitrogen and oxygen atoms in total. The number of esters is 1. The molecule has 4 rings (SSSR count). The molecule has 27 heavy (non-hydrogen) atoms. The van der Waals surface area contributed by atoms with Crippen molar-refractivity contribution in [3.63, 3.8) is 0 Å². The minimum absolute atomic E-state index is 0.0455. The molecule has 0 saturated carbocycles. The molecule has 1 aliphatic rings. The van der Waals surface area contributed by atoms with Crippen LogP contribution in [-0.4, -0.2) is 33.9 Å². The van der Waals surface area contributed by atoms with Crippen LogP contribution in [0.2, 0.25) is 0 Å². The van der Waals surface area contributed by atoms with Gasteiger partial charge in [0.05, 0.1) is 24.8 Å². The Kier molecular flexibility index (Phi) is 4.64. The van der Waals surface area contributed by atoms with Crippen LogP contribution in [0, 0.1) is 11.9 Å². The van der Waals surface area contributed by atoms with Crippen LogP contribution in [0.15, 0.2) is 48.7 Å². The summed E-state index contributed by atoms with van der Waals surface area (Å²) in [6.45, 7) is 0.967. The van der Waals surface area contributed by atoms with Gasteiger partial charge < -0.3 is 9.47 Å². The first-order chi connectivity index (χ1) is 13.1. The molecule has 0 atom stereocenters. The van der Waals surface area contributed by atoms with Gasteiger partial charge in [0.25, 0.3) is 0 Å². The van der Waals surface area contributed by atoms with Crippen molar-refractivity contribution in [1.82, 2.24) is 14.8 Å². The number of nitrogens with zero attached hydrogens (tertiary/aromatic N) is 3. The zero-order valence-electron chi connectivity index (χ0n) is 14.1. The third-order valence-corrected chi connectivity index (χ3v) is 4.23. The predicted octanol–water partition coefficient (Wildman–Crippen LogP) is 3.15. The van der Waals surface area contributed by atoms with E-state index < -0.39 is 17.9 Å². The van der Waals surface area contributed by atoms with E-state index in [9.17, 15) is 13.6 Å². The second-order valence-electron chi connectivity index (χ2n) is 6.10. The van der Waals surface area contributed by atoms with E-state index in [-0.39, 0.29) is 29.5 Å². The molecule has 3 aromatic rings. The fourth-order valence-electron chi connectivity index (χ4n) is 2.69. The fourth-order valence-corrected chi connectivity index (χ4v) is 2.69. The monoisotopic (exact) mass is 371 g/mol. The predicted molar refractivity (Wildman–Crippen MR) is 90.8 cm³/mol. The highest BCUT2D eigenvalue weighted by atomic mass is 19.1. The summed E-state index contributed by atoms with van der Waals surface area (Å²) in [5.74, 6) is -2.64. The molecule has 2 aromatic heterocycles. The highest BCUT2D eigenvalue weighted by Gasteiger charge is 2.27. The number of rotatable bonds is 5. The number of ether oxygens (including phenoxy) is 2. The van der Waals surface area contributed by atoms with E-state index in [2.05, 4.69) is 10.1 Å². The molecular formula is C19H15F2N3O3. The largest absolute Gasteiger partial charge is 0.457 e. The summed E-state index contributed by atoms with van der Waals surface area (Å²) < 4.78 is 39.3. The van der Waals surface area contributed by atoms with Crippen LogP contribution in [0.1, 0.15) is 22.0 Å². The third kappa shape index (κ3) is 3.56. The summed E-state index contributed by atoms with van der Waals surface area (Å²) in [6, 6.07) is 11.4. The van der Waals surface area contributed by atoms with Gasteiger partial charge in [0.2, 0.25) is 11.9 Å². The normalized spacial score (nSPS) is 14.0. The average Bonchev–Trinajstić information content (AvgIpc) is 3.03. The number of benzene rings is 1. The fraction of sp³-hybridized carbons (Fsp3) is 0.211. The SMILES string of the molecule is O=C(OCc1ccccc1)c1cn(C2COC2)nc1-c1ccc(F)nc1F. The Balaban J connectivity index is 1.65. The first-order valence-electron chi connectivity index (χ1n) is 8.32. The van der Waals surface area contributed by atoms with Gasteiger partial charge in [-0.15, -0.1) is 0 Å². The number of aromatic nitrogens is 3. The zero-order valence-corrected chi connectivity index (χ0v) is 14.1. The molecule has 0 N–H and O–H groups in total. The average molecular weight is 371 g/mol. The lowest BCUT2D eigenvalue weighted by molar-refractivity contribution is -0.0286. The van der Waals surface area contributed by atoms with E-state index in [1.165, 1.54) is 12.3 Å². The molecule has 0 bridgehead atoms. The van der Waals surface area contributed by atoms with E-state index in [1.807, 2.05) is 30.3 Å². The minimum Gasteiger partial charge on any atom is -0.457 e. The summed E-state index contributed by atoms with van der Waals surface area (Å²) in [5.41, 5.74) is 0.902. The van der Waals surface area contributed by atoms with Crippen molar-refractivity contribution in [2.45, 2.75) is 12.6 Å². The van der Waals surface area contributed by atoms with Crippen LogP contribution in [0.5, 0.6) is 0 Å². The smallest absolute Gasteiger partial charge is 0.342 e. The van der Waals surface area contributed by atoms with Gasteiger partial charge in [0, 0.05) is 6.20 Å². The van der Waals surface area contributed by atoms with Gasteiger partial charge in [0.15, 0.2) is 0 Å². The summed E-state index contributed by atoms with van der Waals surface area (Å²) in [6.07, 6.45) is 1.50. The van der Waals surface area contributed by atoms with Gasteiger partial charge in [-0.1, -0.05) is 30.3 Å². The van der Waals surface area contributed by atoms with Crippen molar-refractivity contribution in [3.05, 3.63) is 71.7 Å². The Hall–Kier alpha value is -3.13. The Morgan fingerprint density at radius 3 is 2.63 bits per heavy atom. The molecule has 1 aliphatic heterocycles. The lowest BCUT2D eigenvalue weighted by atomic mass is 10.1. The van der Waals surface area contributed by atoms with E-state index in [0.717, 1.165) is 11.6 Å². The first-order valence-corrected chi connectivity index (χ1v) is 8.32. The van der Waals surface area contributed by atoms with Gasteiger partial charge in [-0.25, -0.2) is 4.79 Å². The molecule has 0 aliphatic carbocycles. The first kappa shape index (κ1) is 17.3. The van der Waals surface area contributed by atoms with Crippen molar-refractivity contribution in [1.29, 1.82) is 0 Å². The topological polar surface area (TPSA) is 66.2 Å². The number of hydrogen-bond donors (Lipinski definition) is 0. The van der Waals surface area contributed by atoms with Crippen LogP contribution in [0.25, 0.3) is 11.3 Å². The second-order valence-corrected chi connectivity index (χ2v) is 6.10. The molecule has 3 heterocycles. The molecule has 1 fully saturated rings. The van der Waals surface area contributed by atoms with Crippen molar-refractivity contribution in [2.24, 2.45) is 0 Å². The molecule has 0 unspecified atom stereocenters. The molecular weight excluding hydrogens is 356 g/mol. The highest BCUT2D eigenvalue weighted by molar-refractivity contribution is 5.96. The number of carbonyl (C=O) groups is 1. The van der Waals surface area contributed by atoms with Crippen LogP contribution < -0.4 is 0 Å². The Bertz CT molecular complexity index is 972. The number of carbonyl (C=O) groups excluding carboxylic acids is 1. The lowest BCUT2D eigenvalue weighted by Gasteiger charge is -2.25. The molecule has 0 amide bonds. The zero-order chi connectivity index (χ0) is 18.8. The summed E-state index contributed by atoms with van der Waals surface area (Å²) >= 11 is 0. The van der Waals surface area contributed by atoms with E-state index in [0.29, 0.717) is 13.2 Å². The molecule has 1 saturated heterocycles. The summed E-state index contributed by atoms with van der Waals surface area (Å²) in [7, 11) is 0. The number of hydrogen-bond acceptors (Lipinski definition) is 5. The van der Waals surface area contributed by atoms with Crippen molar-refractivity contribution in [2.75, 3.05) is 13.2 Å². The van der Waals surface area contributed by atoms with Crippen LogP contribution in [0.4, 0.5) is 8.78 Å². The third-order valence-electron chi connectivity index (χ3n) is 4.23. The van der Waals surface area contributed by atoms with Crippen molar-refractivity contribution < 1.29 is 23.0 Å². The van der Waals surface area contributed by atoms with Gasteiger partial charge in [-0.2, -0.15) is 18.9 Å². The maximum absolute atomic E-state index is 14.2. The summed E-state index contributed by atoms with van der Waals surface area (Å²) in [5, 5.41) is 4.30. The summed E-state index contributed by atoms with van der Waals surface area (Å²) in [4.78, 5) is 15.8. The van der Waals surface area contributed by atoms with Crippen molar-refractivity contribution in [3.8, 4) is 11.3 Å². The molecule has 1 aromatic carbocycles. The second kappa shape index (κ2) is 7.24. The van der Waals surface area contributed by atoms with Gasteiger partial charge >= 0.3 is 5.97 Å². The molecule has 0 radical (unpaired) electrons. The van der Waals surface area contributed by atoms with Crippen LogP contribution in [-0.2, 0) is 16.1 Å². The Morgan fingerprint density at radius 1 is 1.19 bits per heavy atom. The Morgan fingerprint density at radius 2 is 1.96 bits per heavy atom. The molecule has 8 heteroatoms. The standard InChI is InChI=1S/C19H15F2N3O3/c20-16-7-6-14(18(21)22-16)17-15(8-24(23-17)13-10-26-11-13)19(25)27-9-12-4-2-1-3-5-12/h1-8,13H,9-11H2. The molecule has 0 spiro atoms. The van der Waals surface area contributed by atoms with Crippen molar-refractivity contribution >= 4 is 5.97 Å². The minimum atomic E-state index is -1.04. The maximum Gasteiger partial charge on any atom is 0.342 e. The van der Waals surface area contributed by atoms with E-state index in [4.69, 9.17) is 9.47 Å². The van der Waals surface area contributed by atoms with E-state index >= 15 is 0 Å². The van der Waals surface area contributed by atoms with Gasteiger partial charge in [0.1, 0.15) is 17.9 Å².